The van der Waals surface area contributed by atoms with Gasteiger partial charge >= 0.3 is 6.03 Å². The summed E-state index contributed by atoms with van der Waals surface area (Å²) in [5.74, 6) is 0. The number of urea groups is 1. The Labute approximate surface area is 124 Å². The predicted molar refractivity (Wildman–Crippen MR) is 84.7 cm³/mol. The van der Waals surface area contributed by atoms with Crippen LogP contribution in [-0.4, -0.2) is 46.5 Å². The first-order valence-electron chi connectivity index (χ1n) is 8.21. The zero-order valence-electron chi connectivity index (χ0n) is 13.9. The smallest absolute Gasteiger partial charge is 0.315 e. The first-order chi connectivity index (χ1) is 9.38. The molecule has 0 aromatic rings. The van der Waals surface area contributed by atoms with Crippen LogP contribution < -0.4 is 5.73 Å². The van der Waals surface area contributed by atoms with Crippen molar-refractivity contribution < 1.29 is 4.79 Å². The number of rotatable bonds is 8. The summed E-state index contributed by atoms with van der Waals surface area (Å²) < 4.78 is 0. The molecule has 0 aromatic carbocycles. The lowest BCUT2D eigenvalue weighted by Gasteiger charge is -2.43. The van der Waals surface area contributed by atoms with E-state index in [1.54, 1.807) is 0 Å². The van der Waals surface area contributed by atoms with Gasteiger partial charge in [0.25, 0.3) is 0 Å². The number of nitrogens with two attached hydrogens (primary N) is 1. The van der Waals surface area contributed by atoms with Gasteiger partial charge in [-0.15, -0.1) is 0 Å². The summed E-state index contributed by atoms with van der Waals surface area (Å²) in [6, 6.07) is 1.89. The molecule has 0 spiro atoms. The van der Waals surface area contributed by atoms with Crippen LogP contribution in [0.3, 0.4) is 0 Å². The van der Waals surface area contributed by atoms with E-state index in [1.165, 1.54) is 19.3 Å². The lowest BCUT2D eigenvalue weighted by Crippen LogP contribution is -2.54. The highest BCUT2D eigenvalue weighted by molar-refractivity contribution is 5.73. The van der Waals surface area contributed by atoms with Gasteiger partial charge in [0, 0.05) is 30.7 Å². The molecule has 20 heavy (non-hydrogen) atoms. The van der Waals surface area contributed by atoms with E-state index >= 15 is 0 Å². The van der Waals surface area contributed by atoms with Crippen LogP contribution in [0.15, 0.2) is 0 Å². The number of carbonyl (C=O) groups excluding carboxylic acids is 1. The van der Waals surface area contributed by atoms with E-state index in [0.717, 1.165) is 19.4 Å². The SMILES string of the molecule is CCCC(CCC1CCN1C(N)=O)N(C(C)C)C(C)C. The monoisotopic (exact) mass is 283 g/mol. The van der Waals surface area contributed by atoms with E-state index in [0.29, 0.717) is 24.2 Å². The Balaban J connectivity index is 2.56. The van der Waals surface area contributed by atoms with E-state index in [9.17, 15) is 4.79 Å². The summed E-state index contributed by atoms with van der Waals surface area (Å²) in [4.78, 5) is 15.7. The van der Waals surface area contributed by atoms with Gasteiger partial charge in [-0.2, -0.15) is 0 Å². The van der Waals surface area contributed by atoms with E-state index in [-0.39, 0.29) is 6.03 Å². The molecule has 0 aliphatic carbocycles. The molecule has 2 atom stereocenters. The summed E-state index contributed by atoms with van der Waals surface area (Å²) >= 11 is 0. The quantitative estimate of drug-likeness (QED) is 0.743. The summed E-state index contributed by atoms with van der Waals surface area (Å²) in [6.45, 7) is 12.2. The van der Waals surface area contributed by atoms with E-state index in [2.05, 4.69) is 39.5 Å². The van der Waals surface area contributed by atoms with Crippen molar-refractivity contribution in [2.24, 2.45) is 5.73 Å². The molecule has 2 amide bonds. The number of likely N-dealkylation sites (tertiary alicyclic amines) is 1. The molecule has 0 saturated carbocycles. The Morgan fingerprint density at radius 1 is 1.25 bits per heavy atom. The summed E-state index contributed by atoms with van der Waals surface area (Å²) in [7, 11) is 0. The molecule has 1 aliphatic heterocycles. The Morgan fingerprint density at radius 3 is 2.20 bits per heavy atom. The molecule has 1 saturated heterocycles. The highest BCUT2D eigenvalue weighted by Crippen LogP contribution is 2.26. The molecule has 2 N–H and O–H groups in total. The highest BCUT2D eigenvalue weighted by Gasteiger charge is 2.32. The van der Waals surface area contributed by atoms with Crippen molar-refractivity contribution in [3.8, 4) is 0 Å². The van der Waals surface area contributed by atoms with Gasteiger partial charge in [-0.1, -0.05) is 13.3 Å². The zero-order valence-corrected chi connectivity index (χ0v) is 13.9. The third-order valence-electron chi connectivity index (χ3n) is 4.50. The van der Waals surface area contributed by atoms with Gasteiger partial charge in [0.15, 0.2) is 0 Å². The molecule has 1 heterocycles. The maximum Gasteiger partial charge on any atom is 0.315 e. The lowest BCUT2D eigenvalue weighted by molar-refractivity contribution is 0.0744. The molecule has 1 aliphatic rings. The number of nitrogens with zero attached hydrogens (tertiary/aromatic N) is 2. The molecule has 118 valence electrons. The molecular formula is C16H33N3O. The summed E-state index contributed by atoms with van der Waals surface area (Å²) in [5, 5.41) is 0. The molecule has 0 bridgehead atoms. The van der Waals surface area contributed by atoms with Crippen LogP contribution >= 0.6 is 0 Å². The molecule has 0 radical (unpaired) electrons. The Kier molecular flexibility index (Phi) is 6.80. The van der Waals surface area contributed by atoms with E-state index < -0.39 is 0 Å². The highest BCUT2D eigenvalue weighted by atomic mass is 16.2. The average Bonchev–Trinajstić information content (AvgIpc) is 2.25. The van der Waals surface area contributed by atoms with Gasteiger partial charge in [-0.25, -0.2) is 4.79 Å². The second kappa shape index (κ2) is 7.87. The third kappa shape index (κ3) is 4.37. The van der Waals surface area contributed by atoms with Gasteiger partial charge in [0.05, 0.1) is 0 Å². The minimum absolute atomic E-state index is 0.252. The molecular weight excluding hydrogens is 250 g/mol. The van der Waals surface area contributed by atoms with Gasteiger partial charge in [-0.3, -0.25) is 4.90 Å². The molecule has 2 unspecified atom stereocenters. The van der Waals surface area contributed by atoms with Gasteiger partial charge in [0.1, 0.15) is 0 Å². The van der Waals surface area contributed by atoms with Crippen molar-refractivity contribution in [3.05, 3.63) is 0 Å². The van der Waals surface area contributed by atoms with Crippen molar-refractivity contribution in [2.75, 3.05) is 6.54 Å². The second-order valence-corrected chi connectivity index (χ2v) is 6.63. The normalized spacial score (nSPS) is 20.6. The standard InChI is InChI=1S/C16H33N3O/c1-6-7-15(19(12(2)3)13(4)5)9-8-14-10-11-18(14)16(17)20/h12-15H,6-11H2,1-5H3,(H2,17,20). The number of hydrogen-bond acceptors (Lipinski definition) is 2. The van der Waals surface area contributed by atoms with Crippen molar-refractivity contribution in [1.82, 2.24) is 9.80 Å². The Hall–Kier alpha value is -0.770. The first kappa shape index (κ1) is 17.3. The van der Waals surface area contributed by atoms with E-state index in [4.69, 9.17) is 5.73 Å². The number of hydrogen-bond donors (Lipinski definition) is 1. The Morgan fingerprint density at radius 2 is 1.85 bits per heavy atom. The van der Waals surface area contributed by atoms with Crippen molar-refractivity contribution >= 4 is 6.03 Å². The van der Waals surface area contributed by atoms with Crippen molar-refractivity contribution in [3.63, 3.8) is 0 Å². The van der Waals surface area contributed by atoms with Gasteiger partial charge in [0.2, 0.25) is 0 Å². The molecule has 1 rings (SSSR count). The van der Waals surface area contributed by atoms with Crippen LogP contribution in [0.1, 0.15) is 66.7 Å². The minimum atomic E-state index is -0.252. The van der Waals surface area contributed by atoms with Gasteiger partial charge < -0.3 is 10.6 Å². The predicted octanol–water partition coefficient (Wildman–Crippen LogP) is 3.21. The fraction of sp³-hybridized carbons (Fsp3) is 0.938. The molecule has 0 aromatic heterocycles. The first-order valence-corrected chi connectivity index (χ1v) is 8.21. The topological polar surface area (TPSA) is 49.6 Å². The number of carbonyl (C=O) groups is 1. The fourth-order valence-corrected chi connectivity index (χ4v) is 3.63. The van der Waals surface area contributed by atoms with Crippen LogP contribution in [-0.2, 0) is 0 Å². The van der Waals surface area contributed by atoms with Gasteiger partial charge in [-0.05, 0) is 53.4 Å². The lowest BCUT2D eigenvalue weighted by atomic mass is 9.93. The molecule has 4 nitrogen and oxygen atoms in total. The average molecular weight is 283 g/mol. The molecule has 1 fully saturated rings. The van der Waals surface area contributed by atoms with Crippen molar-refractivity contribution in [1.29, 1.82) is 0 Å². The second-order valence-electron chi connectivity index (χ2n) is 6.63. The summed E-state index contributed by atoms with van der Waals surface area (Å²) in [5.41, 5.74) is 5.39. The van der Waals surface area contributed by atoms with Crippen LogP contribution in [0.5, 0.6) is 0 Å². The van der Waals surface area contributed by atoms with Crippen LogP contribution in [0.4, 0.5) is 4.79 Å². The van der Waals surface area contributed by atoms with Crippen LogP contribution in [0.25, 0.3) is 0 Å². The van der Waals surface area contributed by atoms with Crippen LogP contribution in [0.2, 0.25) is 0 Å². The Bertz CT molecular complexity index is 296. The van der Waals surface area contributed by atoms with E-state index in [1.807, 2.05) is 4.90 Å². The van der Waals surface area contributed by atoms with Crippen molar-refractivity contribution in [2.45, 2.75) is 90.9 Å². The number of amides is 2. The third-order valence-corrected chi connectivity index (χ3v) is 4.50. The maximum absolute atomic E-state index is 11.3. The van der Waals surface area contributed by atoms with Crippen LogP contribution in [0, 0.1) is 0 Å². The maximum atomic E-state index is 11.3. The fourth-order valence-electron chi connectivity index (χ4n) is 3.63. The largest absolute Gasteiger partial charge is 0.351 e. The summed E-state index contributed by atoms with van der Waals surface area (Å²) in [6.07, 6.45) is 5.82. The minimum Gasteiger partial charge on any atom is -0.351 e. The number of primary amides is 1. The zero-order chi connectivity index (χ0) is 15.3. The molecule has 4 heteroatoms.